The van der Waals surface area contributed by atoms with Crippen LogP contribution in [0.3, 0.4) is 0 Å². The predicted molar refractivity (Wildman–Crippen MR) is 141 cm³/mol. The number of fused-ring (bicyclic) bond motifs is 1. The molecular formula is C26H31N7O6. The second-order valence-corrected chi connectivity index (χ2v) is 9.29. The number of aryl methyl sites for hydroxylation is 1. The highest BCUT2D eigenvalue weighted by molar-refractivity contribution is 6.02. The maximum Gasteiger partial charge on any atom is 0.328 e. The molecule has 0 saturated carbocycles. The molecule has 2 aromatic rings. The van der Waals surface area contributed by atoms with Gasteiger partial charge in [0.05, 0.1) is 30.5 Å². The molecule has 0 aliphatic carbocycles. The molecule has 4 rings (SSSR count). The molecule has 2 aromatic heterocycles. The predicted octanol–water partition coefficient (Wildman–Crippen LogP) is 1.58. The van der Waals surface area contributed by atoms with Gasteiger partial charge in [0.25, 0.3) is 0 Å². The lowest BCUT2D eigenvalue weighted by Crippen LogP contribution is -2.40. The third kappa shape index (κ3) is 6.31. The van der Waals surface area contributed by atoms with Crippen LogP contribution in [-0.2, 0) is 32.0 Å². The maximum absolute atomic E-state index is 13.3. The standard InChI is InChI=1S/C26H31N7O6/c1-32(24(35)15-37-2)11-17-7-16-5-4-6-33(25(16)30-20(17)12-34)26(36)31-23-8-19(18(9-27)10-28-23)29-21-13-39-14-22(21)38-3/h7-8,10,12,21-22H,4-6,11,13-15H2,1-3H3,(H2,28,29,31,36). The summed E-state index contributed by atoms with van der Waals surface area (Å²) in [5.41, 5.74) is 2.36. The smallest absolute Gasteiger partial charge is 0.328 e. The Morgan fingerprint density at radius 1 is 1.33 bits per heavy atom. The fourth-order valence-electron chi connectivity index (χ4n) is 4.57. The molecule has 0 radical (unpaired) electrons. The SMILES string of the molecule is COCC(=O)N(C)Cc1cc2c(nc1C=O)N(C(=O)Nc1cc(NC3COCC3OC)c(C#N)cn1)CCC2. The van der Waals surface area contributed by atoms with E-state index in [4.69, 9.17) is 14.2 Å². The van der Waals surface area contributed by atoms with Crippen molar-refractivity contribution < 1.29 is 28.6 Å². The van der Waals surface area contributed by atoms with Crippen molar-refractivity contribution in [3.8, 4) is 6.07 Å². The average Bonchev–Trinajstić information content (AvgIpc) is 3.39. The normalized spacial score (nSPS) is 18.2. The van der Waals surface area contributed by atoms with Gasteiger partial charge in [-0.05, 0) is 24.5 Å². The van der Waals surface area contributed by atoms with E-state index in [0.29, 0.717) is 61.5 Å². The van der Waals surface area contributed by atoms with E-state index in [0.717, 1.165) is 5.56 Å². The number of nitrogens with one attached hydrogen (secondary N) is 2. The van der Waals surface area contributed by atoms with E-state index in [2.05, 4.69) is 26.7 Å². The highest BCUT2D eigenvalue weighted by Crippen LogP contribution is 2.29. The van der Waals surface area contributed by atoms with Gasteiger partial charge in [-0.3, -0.25) is 19.8 Å². The first-order valence-electron chi connectivity index (χ1n) is 12.4. The lowest BCUT2D eigenvalue weighted by molar-refractivity contribution is -0.134. The number of nitriles is 1. The number of pyridine rings is 2. The van der Waals surface area contributed by atoms with Crippen LogP contribution in [0.4, 0.5) is 22.1 Å². The number of anilines is 3. The van der Waals surface area contributed by atoms with Gasteiger partial charge in [-0.1, -0.05) is 0 Å². The topological polar surface area (TPSA) is 159 Å². The van der Waals surface area contributed by atoms with E-state index >= 15 is 0 Å². The molecule has 2 N–H and O–H groups in total. The van der Waals surface area contributed by atoms with Gasteiger partial charge in [0.2, 0.25) is 5.91 Å². The van der Waals surface area contributed by atoms with E-state index in [9.17, 15) is 19.6 Å². The van der Waals surface area contributed by atoms with E-state index in [1.165, 1.54) is 23.1 Å². The fraction of sp³-hybridized carbons (Fsp3) is 0.462. The highest BCUT2D eigenvalue weighted by atomic mass is 16.5. The number of nitrogens with zero attached hydrogens (tertiary/aromatic N) is 5. The molecule has 13 nitrogen and oxygen atoms in total. The van der Waals surface area contributed by atoms with Crippen molar-refractivity contribution in [3.63, 3.8) is 0 Å². The van der Waals surface area contributed by atoms with E-state index in [1.807, 2.05) is 6.07 Å². The number of amides is 3. The van der Waals surface area contributed by atoms with E-state index < -0.39 is 6.03 Å². The Morgan fingerprint density at radius 2 is 2.15 bits per heavy atom. The molecule has 1 saturated heterocycles. The molecule has 2 unspecified atom stereocenters. The second kappa shape index (κ2) is 12.6. The number of carbonyl (C=O) groups excluding carboxylic acids is 3. The van der Waals surface area contributed by atoms with Gasteiger partial charge in [0.15, 0.2) is 6.29 Å². The number of likely N-dealkylation sites (N-methyl/N-ethyl adjacent to an activating group) is 1. The molecule has 0 aromatic carbocycles. The lowest BCUT2D eigenvalue weighted by Gasteiger charge is -2.29. The Bertz CT molecular complexity index is 1280. The van der Waals surface area contributed by atoms with Crippen molar-refractivity contribution in [1.29, 1.82) is 5.26 Å². The summed E-state index contributed by atoms with van der Waals surface area (Å²) in [6.45, 7) is 1.37. The summed E-state index contributed by atoms with van der Waals surface area (Å²) in [6.07, 6.45) is 3.19. The Labute approximate surface area is 226 Å². The molecule has 206 valence electrons. The van der Waals surface area contributed by atoms with Gasteiger partial charge < -0.3 is 24.4 Å². The molecule has 3 amide bonds. The summed E-state index contributed by atoms with van der Waals surface area (Å²) in [7, 11) is 4.66. The van der Waals surface area contributed by atoms with Crippen molar-refractivity contribution in [3.05, 3.63) is 40.7 Å². The van der Waals surface area contributed by atoms with E-state index in [1.54, 1.807) is 20.2 Å². The van der Waals surface area contributed by atoms with Crippen LogP contribution < -0.4 is 15.5 Å². The van der Waals surface area contributed by atoms with Gasteiger partial charge >= 0.3 is 6.03 Å². The van der Waals surface area contributed by atoms with Crippen molar-refractivity contribution in [2.75, 3.05) is 63.2 Å². The van der Waals surface area contributed by atoms with Crippen molar-refractivity contribution in [1.82, 2.24) is 14.9 Å². The van der Waals surface area contributed by atoms with E-state index in [-0.39, 0.29) is 42.7 Å². The molecule has 13 heteroatoms. The molecule has 2 aliphatic heterocycles. The number of ether oxygens (including phenoxy) is 3. The monoisotopic (exact) mass is 537 g/mol. The lowest BCUT2D eigenvalue weighted by atomic mass is 10.0. The van der Waals surface area contributed by atoms with Crippen LogP contribution in [0.15, 0.2) is 18.3 Å². The number of rotatable bonds is 9. The van der Waals surface area contributed by atoms with Crippen molar-refractivity contribution >= 4 is 35.5 Å². The van der Waals surface area contributed by atoms with Crippen LogP contribution in [0.25, 0.3) is 0 Å². The minimum Gasteiger partial charge on any atom is -0.377 e. The number of methoxy groups -OCH3 is 2. The van der Waals surface area contributed by atoms with Crippen LogP contribution in [-0.4, -0.2) is 92.9 Å². The van der Waals surface area contributed by atoms with Gasteiger partial charge in [-0.15, -0.1) is 0 Å². The summed E-state index contributed by atoms with van der Waals surface area (Å²) < 4.78 is 15.8. The quantitative estimate of drug-likeness (QED) is 0.450. The number of aldehydes is 1. The van der Waals surface area contributed by atoms with Gasteiger partial charge in [-0.25, -0.2) is 14.8 Å². The first-order valence-corrected chi connectivity index (χ1v) is 12.4. The van der Waals surface area contributed by atoms with Gasteiger partial charge in [-0.2, -0.15) is 5.26 Å². The first kappa shape index (κ1) is 27.9. The minimum atomic E-state index is -0.470. The van der Waals surface area contributed by atoms with Crippen molar-refractivity contribution in [2.45, 2.75) is 31.5 Å². The highest BCUT2D eigenvalue weighted by Gasteiger charge is 2.30. The Kier molecular flexibility index (Phi) is 9.03. The zero-order chi connectivity index (χ0) is 27.9. The average molecular weight is 538 g/mol. The van der Waals surface area contributed by atoms with Gasteiger partial charge in [0, 0.05) is 52.2 Å². The molecular weight excluding hydrogens is 506 g/mol. The third-order valence-corrected chi connectivity index (χ3v) is 6.66. The second-order valence-electron chi connectivity index (χ2n) is 9.29. The number of hydrogen-bond donors (Lipinski definition) is 2. The number of urea groups is 1. The number of aromatic nitrogens is 2. The summed E-state index contributed by atoms with van der Waals surface area (Å²) in [5.74, 6) is 0.399. The fourth-order valence-corrected chi connectivity index (χ4v) is 4.57. The molecule has 0 spiro atoms. The summed E-state index contributed by atoms with van der Waals surface area (Å²) >= 11 is 0. The zero-order valence-corrected chi connectivity index (χ0v) is 22.1. The molecule has 0 bridgehead atoms. The zero-order valence-electron chi connectivity index (χ0n) is 22.1. The minimum absolute atomic E-state index is 0.0682. The van der Waals surface area contributed by atoms with Crippen LogP contribution >= 0.6 is 0 Å². The number of hydrogen-bond acceptors (Lipinski definition) is 10. The summed E-state index contributed by atoms with van der Waals surface area (Å²) in [6, 6.07) is 4.88. The molecule has 2 aliphatic rings. The van der Waals surface area contributed by atoms with Crippen molar-refractivity contribution in [2.24, 2.45) is 0 Å². The summed E-state index contributed by atoms with van der Waals surface area (Å²) in [4.78, 5) is 49.0. The molecule has 2 atom stereocenters. The van der Waals surface area contributed by atoms with Crippen LogP contribution in [0.5, 0.6) is 0 Å². The molecule has 1 fully saturated rings. The Balaban J connectivity index is 1.53. The molecule has 39 heavy (non-hydrogen) atoms. The third-order valence-electron chi connectivity index (χ3n) is 6.66. The largest absolute Gasteiger partial charge is 0.377 e. The number of carbonyl (C=O) groups is 3. The summed E-state index contributed by atoms with van der Waals surface area (Å²) in [5, 5.41) is 15.6. The van der Waals surface area contributed by atoms with Crippen LogP contribution in [0, 0.1) is 11.3 Å². The Hall–Kier alpha value is -4.12. The Morgan fingerprint density at radius 3 is 2.87 bits per heavy atom. The molecule has 4 heterocycles. The first-order chi connectivity index (χ1) is 18.9. The maximum atomic E-state index is 13.3. The van der Waals surface area contributed by atoms with Crippen LogP contribution in [0.1, 0.15) is 33.6 Å². The van der Waals surface area contributed by atoms with Crippen LogP contribution in [0.2, 0.25) is 0 Å². The van der Waals surface area contributed by atoms with Gasteiger partial charge in [0.1, 0.15) is 36.1 Å².